The molecule has 0 aromatic heterocycles. The molecule has 0 N–H and O–H groups in total. The quantitative estimate of drug-likeness (QED) is 0.147. The van der Waals surface area contributed by atoms with Crippen molar-refractivity contribution in [2.24, 2.45) is 0 Å². The number of para-hydroxylation sites is 2. The Morgan fingerprint density at radius 2 is 0.840 bits per heavy atom. The van der Waals surface area contributed by atoms with Crippen LogP contribution in [0.3, 0.4) is 0 Å². The van der Waals surface area contributed by atoms with Crippen LogP contribution in [-0.4, -0.2) is 24.6 Å². The second kappa shape index (κ2) is 11.7. The maximum absolute atomic E-state index is 14.7. The molecular weight excluding hydrogens is 678 g/mol. The number of fused-ring (bicyclic) bond motifs is 7. The number of halogens is 10. The monoisotopic (exact) mass is 700 g/mol. The summed E-state index contributed by atoms with van der Waals surface area (Å²) in [5.41, 5.74) is 4.48. The van der Waals surface area contributed by atoms with E-state index in [1.165, 1.54) is 42.5 Å². The minimum absolute atomic E-state index is 0.0605. The van der Waals surface area contributed by atoms with Gasteiger partial charge in [-0.2, -0.15) is 43.9 Å². The van der Waals surface area contributed by atoms with Crippen molar-refractivity contribution >= 4 is 12.2 Å². The standard InChI is InChI=1S/C38H22F10O2/c39-35(40,41)19-37(45,46)49-32-11-5-3-9-26(32)27-16-15-25-24-14-13-23-22-8-2-1-7-21(22)17-29(23)30(24)18-31(25)34(27)28-10-4-6-12-33(28)50-38(47,48)20-36(42,43)44/h1-18H,19-20H2. The summed E-state index contributed by atoms with van der Waals surface area (Å²) in [6.45, 7) is 0. The van der Waals surface area contributed by atoms with E-state index in [1.807, 2.05) is 42.5 Å². The molecule has 0 heterocycles. The Morgan fingerprint density at radius 1 is 0.400 bits per heavy atom. The summed E-state index contributed by atoms with van der Waals surface area (Å²) in [5, 5.41) is 1.60. The van der Waals surface area contributed by atoms with Gasteiger partial charge in [-0.15, -0.1) is 0 Å². The molecule has 0 amide bonds. The molecule has 0 unspecified atom stereocenters. The summed E-state index contributed by atoms with van der Waals surface area (Å²) < 4.78 is 146. The van der Waals surface area contributed by atoms with Crippen LogP contribution < -0.4 is 19.9 Å². The van der Waals surface area contributed by atoms with Crippen LogP contribution in [0.4, 0.5) is 43.9 Å². The number of hydrogen-bond acceptors (Lipinski definition) is 2. The van der Waals surface area contributed by atoms with E-state index in [0.717, 1.165) is 44.8 Å². The highest BCUT2D eigenvalue weighted by Gasteiger charge is 2.47. The predicted molar refractivity (Wildman–Crippen MR) is 167 cm³/mol. The first-order chi connectivity index (χ1) is 23.5. The molecule has 0 aliphatic heterocycles. The van der Waals surface area contributed by atoms with E-state index in [1.54, 1.807) is 12.1 Å². The number of benzene rings is 5. The van der Waals surface area contributed by atoms with Crippen LogP contribution in [0.25, 0.3) is 56.7 Å². The molecule has 2 aliphatic carbocycles. The largest absolute Gasteiger partial charge is 0.432 e. The second-order valence-electron chi connectivity index (χ2n) is 11.9. The number of rotatable bonds is 8. The van der Waals surface area contributed by atoms with E-state index in [0.29, 0.717) is 11.1 Å². The summed E-state index contributed by atoms with van der Waals surface area (Å²) >= 11 is 0. The fourth-order valence-corrected chi connectivity index (χ4v) is 6.51. The second-order valence-corrected chi connectivity index (χ2v) is 11.9. The van der Waals surface area contributed by atoms with Crippen LogP contribution in [0.15, 0.2) is 97.1 Å². The Morgan fingerprint density at radius 3 is 1.44 bits per heavy atom. The lowest BCUT2D eigenvalue weighted by Gasteiger charge is -2.24. The lowest BCUT2D eigenvalue weighted by Crippen LogP contribution is -2.32. The van der Waals surface area contributed by atoms with Gasteiger partial charge in [0.15, 0.2) is 0 Å². The first-order valence-electron chi connectivity index (χ1n) is 15.1. The Kier molecular flexibility index (Phi) is 7.76. The van der Waals surface area contributed by atoms with E-state index < -0.39 is 48.9 Å². The average Bonchev–Trinajstić information content (AvgIpc) is 3.57. The van der Waals surface area contributed by atoms with Gasteiger partial charge in [0.1, 0.15) is 24.3 Å². The van der Waals surface area contributed by atoms with E-state index in [4.69, 9.17) is 4.74 Å². The lowest BCUT2D eigenvalue weighted by atomic mass is 9.87. The minimum atomic E-state index is -5.28. The maximum Gasteiger partial charge on any atom is 0.406 e. The zero-order chi connectivity index (χ0) is 35.6. The van der Waals surface area contributed by atoms with E-state index >= 15 is 0 Å². The van der Waals surface area contributed by atoms with E-state index in [-0.39, 0.29) is 22.3 Å². The van der Waals surface area contributed by atoms with Gasteiger partial charge in [-0.25, -0.2) is 0 Å². The molecule has 0 radical (unpaired) electrons. The predicted octanol–water partition coefficient (Wildman–Crippen LogP) is 10.5. The normalized spacial score (nSPS) is 13.5. The third-order valence-electron chi connectivity index (χ3n) is 8.33. The Labute approximate surface area is 277 Å². The van der Waals surface area contributed by atoms with E-state index in [2.05, 4.69) is 4.74 Å². The summed E-state index contributed by atoms with van der Waals surface area (Å²) in [5.74, 6) is -1.30. The summed E-state index contributed by atoms with van der Waals surface area (Å²) in [6, 6.07) is 24.7. The SMILES string of the molecule is FC(F)(F)CC(F)(F)Oc1ccccc1-c1ccc2c(c1-c1ccccc1OC(F)(F)CC(F)(F)F)C=c1c-2ccc2c1=Cc1ccccc1-2. The molecule has 0 spiro atoms. The van der Waals surface area contributed by atoms with Crippen LogP contribution in [0, 0.1) is 0 Å². The van der Waals surface area contributed by atoms with Crippen LogP contribution in [0.1, 0.15) is 24.0 Å². The molecule has 0 atom stereocenters. The summed E-state index contributed by atoms with van der Waals surface area (Å²) in [7, 11) is 0. The third-order valence-corrected chi connectivity index (χ3v) is 8.33. The van der Waals surface area contributed by atoms with Crippen molar-refractivity contribution < 1.29 is 53.4 Å². The van der Waals surface area contributed by atoms with Gasteiger partial charge in [0.25, 0.3) is 0 Å². The molecule has 0 fully saturated rings. The van der Waals surface area contributed by atoms with Gasteiger partial charge in [0.2, 0.25) is 0 Å². The third kappa shape index (κ3) is 6.41. The molecule has 0 saturated heterocycles. The van der Waals surface area contributed by atoms with Crippen LogP contribution in [-0.2, 0) is 0 Å². The van der Waals surface area contributed by atoms with Crippen molar-refractivity contribution in [3.8, 4) is 56.0 Å². The van der Waals surface area contributed by atoms with Crippen LogP contribution in [0.5, 0.6) is 11.5 Å². The molecule has 2 nitrogen and oxygen atoms in total. The van der Waals surface area contributed by atoms with Crippen molar-refractivity contribution in [3.05, 3.63) is 119 Å². The molecule has 2 aliphatic rings. The molecule has 5 aromatic carbocycles. The van der Waals surface area contributed by atoms with Gasteiger partial charge in [0.05, 0.1) is 0 Å². The van der Waals surface area contributed by atoms with Gasteiger partial charge in [0, 0.05) is 16.7 Å². The Hall–Kier alpha value is -5.26. The smallest absolute Gasteiger partial charge is 0.406 e. The van der Waals surface area contributed by atoms with Crippen molar-refractivity contribution in [2.45, 2.75) is 37.4 Å². The maximum atomic E-state index is 14.7. The van der Waals surface area contributed by atoms with Crippen molar-refractivity contribution in [1.82, 2.24) is 0 Å². The highest BCUT2D eigenvalue weighted by Crippen LogP contribution is 2.49. The highest BCUT2D eigenvalue weighted by atomic mass is 19.4. The van der Waals surface area contributed by atoms with Crippen molar-refractivity contribution in [2.75, 3.05) is 0 Å². The zero-order valence-corrected chi connectivity index (χ0v) is 25.4. The molecule has 50 heavy (non-hydrogen) atoms. The van der Waals surface area contributed by atoms with Gasteiger partial charge in [-0.1, -0.05) is 84.9 Å². The summed E-state index contributed by atoms with van der Waals surface area (Å²) in [6.07, 6.45) is -21.3. The molecule has 0 bridgehead atoms. The fourth-order valence-electron chi connectivity index (χ4n) is 6.51. The molecule has 12 heteroatoms. The molecular formula is C38H22F10O2. The Bertz CT molecular complexity index is 2270. The van der Waals surface area contributed by atoms with E-state index in [9.17, 15) is 43.9 Å². The average molecular weight is 701 g/mol. The topological polar surface area (TPSA) is 18.5 Å². The number of alkyl halides is 10. The van der Waals surface area contributed by atoms with Gasteiger partial charge in [-0.3, -0.25) is 0 Å². The molecule has 256 valence electrons. The van der Waals surface area contributed by atoms with Gasteiger partial charge < -0.3 is 9.47 Å². The summed E-state index contributed by atoms with van der Waals surface area (Å²) in [4.78, 5) is 0. The van der Waals surface area contributed by atoms with Crippen molar-refractivity contribution in [1.29, 1.82) is 0 Å². The van der Waals surface area contributed by atoms with Crippen LogP contribution >= 0.6 is 0 Å². The first kappa shape index (κ1) is 33.2. The van der Waals surface area contributed by atoms with Gasteiger partial charge in [-0.05, 0) is 73.7 Å². The fraction of sp³-hybridized carbons (Fsp3) is 0.158. The van der Waals surface area contributed by atoms with Crippen molar-refractivity contribution in [3.63, 3.8) is 0 Å². The molecule has 0 saturated carbocycles. The van der Waals surface area contributed by atoms with Gasteiger partial charge >= 0.3 is 24.6 Å². The minimum Gasteiger partial charge on any atom is -0.432 e. The number of hydrogen-bond donors (Lipinski definition) is 0. The number of ether oxygens (including phenoxy) is 2. The highest BCUT2D eigenvalue weighted by molar-refractivity contribution is 6.01. The van der Waals surface area contributed by atoms with Crippen LogP contribution in [0.2, 0.25) is 0 Å². The first-order valence-corrected chi connectivity index (χ1v) is 15.1. The molecule has 5 aromatic rings. The lowest BCUT2D eigenvalue weighted by molar-refractivity contribution is -0.256. The molecule has 7 rings (SSSR count). The zero-order valence-electron chi connectivity index (χ0n) is 25.4. The Balaban J connectivity index is 1.47.